The monoisotopic (exact) mass is 706 g/mol. The second-order valence-electron chi connectivity index (χ2n) is 8.19. The van der Waals surface area contributed by atoms with Crippen LogP contribution in [-0.2, 0) is 0 Å². The highest BCUT2D eigenvalue weighted by molar-refractivity contribution is 8.41. The molecule has 2 nitrogen and oxygen atoms in total. The Morgan fingerprint density at radius 2 is 0.825 bits per heavy atom. The molecule has 0 spiro atoms. The Labute approximate surface area is 277 Å². The van der Waals surface area contributed by atoms with Gasteiger partial charge >= 0.3 is 0 Å². The highest BCUT2D eigenvalue weighted by Gasteiger charge is 2.21. The fraction of sp³-hybridized carbons (Fsp3) is 0.143. The average molecular weight is 707 g/mol. The van der Waals surface area contributed by atoms with Crippen molar-refractivity contribution in [2.75, 3.05) is 25.0 Å². The van der Waals surface area contributed by atoms with Crippen molar-refractivity contribution in [3.8, 4) is 21.1 Å². The van der Waals surface area contributed by atoms with Crippen LogP contribution in [0.3, 0.4) is 0 Å². The number of rotatable bonds is 8. The summed E-state index contributed by atoms with van der Waals surface area (Å²) >= 11 is 18.2. The molecule has 40 heavy (non-hydrogen) atoms. The number of benzene rings is 2. The van der Waals surface area contributed by atoms with E-state index in [2.05, 4.69) is 85.7 Å². The summed E-state index contributed by atoms with van der Waals surface area (Å²) in [6, 6.07) is 17.4. The van der Waals surface area contributed by atoms with E-state index in [1.54, 1.807) is 22.7 Å². The lowest BCUT2D eigenvalue weighted by Gasteiger charge is -2.01. The smallest absolute Gasteiger partial charge is 0.155 e. The maximum Gasteiger partial charge on any atom is 0.155 e. The van der Waals surface area contributed by atoms with E-state index in [4.69, 9.17) is 9.97 Å². The molecule has 2 aliphatic rings. The zero-order chi connectivity index (χ0) is 27.6. The summed E-state index contributed by atoms with van der Waals surface area (Å²) in [7, 11) is 0. The molecule has 0 atom stereocenters. The first kappa shape index (κ1) is 29.8. The molecule has 0 saturated carbocycles. The van der Waals surface area contributed by atoms with Gasteiger partial charge in [-0.15, -0.1) is 47.0 Å². The SMILES string of the molecule is CSC1=C(SC)SC(=Cc2ccc(-c3nc4sc(-c5ccc(C=C6SC(SC)=C(SC)S6)cc5)nc4s3)cc2)S1. The van der Waals surface area contributed by atoms with Gasteiger partial charge in [0.25, 0.3) is 0 Å². The van der Waals surface area contributed by atoms with E-state index in [9.17, 15) is 0 Å². The van der Waals surface area contributed by atoms with E-state index in [0.717, 1.165) is 30.8 Å². The van der Waals surface area contributed by atoms with Crippen molar-refractivity contribution in [2.45, 2.75) is 0 Å². The molecule has 0 bridgehead atoms. The van der Waals surface area contributed by atoms with Gasteiger partial charge in [-0.2, -0.15) is 0 Å². The second-order valence-corrected chi connectivity index (χ2v) is 19.2. The van der Waals surface area contributed by atoms with Crippen LogP contribution in [0, 0.1) is 0 Å². The van der Waals surface area contributed by atoms with Crippen LogP contribution in [-0.4, -0.2) is 35.0 Å². The minimum Gasteiger partial charge on any atom is -0.223 e. The maximum absolute atomic E-state index is 4.94. The number of hydrogen-bond acceptors (Lipinski definition) is 12. The van der Waals surface area contributed by atoms with E-state index in [-0.39, 0.29) is 0 Å². The molecule has 0 radical (unpaired) electrons. The highest BCUT2D eigenvalue weighted by atomic mass is 32.3. The quantitative estimate of drug-likeness (QED) is 0.176. The minimum atomic E-state index is 1.01. The lowest BCUT2D eigenvalue weighted by molar-refractivity contribution is 1.48. The number of nitrogens with zero attached hydrogens (tertiary/aromatic N) is 2. The number of aromatic nitrogens is 2. The molecule has 12 heteroatoms. The highest BCUT2D eigenvalue weighted by Crippen LogP contribution is 2.57. The van der Waals surface area contributed by atoms with Gasteiger partial charge in [-0.3, -0.25) is 0 Å². The summed E-state index contributed by atoms with van der Waals surface area (Å²) in [5, 5.41) is 2.05. The fourth-order valence-electron chi connectivity index (χ4n) is 3.80. The van der Waals surface area contributed by atoms with Gasteiger partial charge in [-0.25, -0.2) is 9.97 Å². The molecule has 0 unspecified atom stereocenters. The first-order chi connectivity index (χ1) is 19.6. The predicted octanol–water partition coefficient (Wildman–Crippen LogP) is 12.3. The van der Waals surface area contributed by atoms with Crippen molar-refractivity contribution < 1.29 is 0 Å². The van der Waals surface area contributed by atoms with E-state index < -0.39 is 0 Å². The Morgan fingerprint density at radius 1 is 0.500 bits per heavy atom. The number of thiazole rings is 2. The zero-order valence-corrected chi connectivity index (χ0v) is 29.9. The average Bonchev–Trinajstić information content (AvgIpc) is 3.75. The number of hydrogen-bond donors (Lipinski definition) is 0. The molecule has 2 aromatic heterocycles. The maximum atomic E-state index is 4.94. The lowest BCUT2D eigenvalue weighted by atomic mass is 10.1. The molecule has 2 aromatic carbocycles. The van der Waals surface area contributed by atoms with Gasteiger partial charge in [0.05, 0.1) is 25.4 Å². The van der Waals surface area contributed by atoms with Crippen LogP contribution >= 0.6 is 117 Å². The first-order valence-electron chi connectivity index (χ1n) is 11.8. The Bertz CT molecular complexity index is 1490. The second kappa shape index (κ2) is 13.6. The summed E-state index contributed by atoms with van der Waals surface area (Å²) < 4.78 is 8.27. The minimum absolute atomic E-state index is 1.01. The summed E-state index contributed by atoms with van der Waals surface area (Å²) in [4.78, 5) is 11.9. The normalized spacial score (nSPS) is 15.7. The van der Waals surface area contributed by atoms with Crippen LogP contribution < -0.4 is 0 Å². The fourth-order valence-corrected chi connectivity index (χ4v) is 15.7. The first-order valence-corrected chi connectivity index (χ1v) is 21.6. The molecular formula is C28H22N2S10. The molecule has 0 saturated heterocycles. The van der Waals surface area contributed by atoms with Crippen LogP contribution in [0.15, 0.2) is 74.0 Å². The van der Waals surface area contributed by atoms with Crippen molar-refractivity contribution in [2.24, 2.45) is 0 Å². The Balaban J connectivity index is 1.13. The number of thioether (sulfide) groups is 8. The Kier molecular flexibility index (Phi) is 10.1. The van der Waals surface area contributed by atoms with Gasteiger partial charge in [0.15, 0.2) is 9.66 Å². The van der Waals surface area contributed by atoms with Gasteiger partial charge in [0, 0.05) is 11.1 Å². The zero-order valence-electron chi connectivity index (χ0n) is 21.8. The lowest BCUT2D eigenvalue weighted by Crippen LogP contribution is -1.78. The molecule has 0 fully saturated rings. The summed E-state index contributed by atoms with van der Waals surface area (Å²) in [5.74, 6) is 0. The van der Waals surface area contributed by atoms with Crippen molar-refractivity contribution in [1.29, 1.82) is 0 Å². The summed E-state index contributed by atoms with van der Waals surface area (Å²) in [6.45, 7) is 0. The van der Waals surface area contributed by atoms with Crippen molar-refractivity contribution in [1.82, 2.24) is 9.97 Å². The van der Waals surface area contributed by atoms with Gasteiger partial charge < -0.3 is 0 Å². The molecule has 0 aliphatic carbocycles. The van der Waals surface area contributed by atoms with Gasteiger partial charge in [-0.1, -0.05) is 118 Å². The third-order valence-electron chi connectivity index (χ3n) is 5.71. The third kappa shape index (κ3) is 6.61. The molecule has 2 aliphatic heterocycles. The van der Waals surface area contributed by atoms with Crippen molar-refractivity contribution in [3.63, 3.8) is 0 Å². The largest absolute Gasteiger partial charge is 0.223 e. The van der Waals surface area contributed by atoms with E-state index in [1.807, 2.05) is 94.1 Å². The molecular weight excluding hydrogens is 685 g/mol. The van der Waals surface area contributed by atoms with Crippen molar-refractivity contribution >= 4 is 139 Å². The van der Waals surface area contributed by atoms with Crippen LogP contribution in [0.5, 0.6) is 0 Å². The van der Waals surface area contributed by atoms with E-state index in [0.29, 0.717) is 0 Å². The Hall–Kier alpha value is -0.280. The predicted molar refractivity (Wildman–Crippen MR) is 201 cm³/mol. The molecule has 6 rings (SSSR count). The van der Waals surface area contributed by atoms with Crippen LogP contribution in [0.4, 0.5) is 0 Å². The van der Waals surface area contributed by atoms with Crippen molar-refractivity contribution in [3.05, 3.63) is 85.1 Å². The molecule has 4 aromatic rings. The van der Waals surface area contributed by atoms with E-state index >= 15 is 0 Å². The van der Waals surface area contributed by atoms with E-state index in [1.165, 1.54) is 36.5 Å². The van der Waals surface area contributed by atoms with Crippen LogP contribution in [0.2, 0.25) is 0 Å². The summed E-state index contributed by atoms with van der Waals surface area (Å²) in [6.07, 6.45) is 13.2. The third-order valence-corrected chi connectivity index (χ3v) is 18.0. The summed E-state index contributed by atoms with van der Waals surface area (Å²) in [5.41, 5.74) is 4.72. The molecule has 204 valence electrons. The Morgan fingerprint density at radius 3 is 1.12 bits per heavy atom. The molecule has 4 heterocycles. The topological polar surface area (TPSA) is 25.8 Å². The molecule has 0 amide bonds. The van der Waals surface area contributed by atoms with Crippen LogP contribution in [0.25, 0.3) is 43.0 Å². The standard InChI is InChI=1S/C28H22N2S10/c1-31-25-26(32-2)36-19(35-25)13-15-5-9-17(10-6-15)21-29-23-24(39-21)30-22(40-23)18-11-7-16(8-12-18)14-20-37-27(33-3)28(34-4)38-20/h5-14H,1-4H3. The van der Waals surface area contributed by atoms with Crippen LogP contribution in [0.1, 0.15) is 11.1 Å². The van der Waals surface area contributed by atoms with Gasteiger partial charge in [-0.05, 0) is 48.3 Å². The van der Waals surface area contributed by atoms with Gasteiger partial charge in [0.2, 0.25) is 0 Å². The number of fused-ring (bicyclic) bond motifs is 1. The molecule has 0 N–H and O–H groups in total. The van der Waals surface area contributed by atoms with Gasteiger partial charge in [0.1, 0.15) is 10.0 Å².